The van der Waals surface area contributed by atoms with Crippen LogP contribution in [-0.2, 0) is 4.79 Å². The molecule has 2 heterocycles. The fourth-order valence-electron chi connectivity index (χ4n) is 4.84. The number of allylic oxidation sites excluding steroid dienone is 3. The van der Waals surface area contributed by atoms with Crippen LogP contribution in [0.3, 0.4) is 0 Å². The van der Waals surface area contributed by atoms with E-state index in [2.05, 4.69) is 0 Å². The van der Waals surface area contributed by atoms with Gasteiger partial charge in [-0.15, -0.1) is 0 Å². The van der Waals surface area contributed by atoms with Crippen LogP contribution in [-0.4, -0.2) is 28.3 Å². The number of carboxylic acids is 1. The number of ketones is 1. The first-order valence-corrected chi connectivity index (χ1v) is 11.3. The number of aryl methyl sites for hydroxylation is 1. The maximum Gasteiger partial charge on any atom is 0.334 e. The van der Waals surface area contributed by atoms with Gasteiger partial charge < -0.3 is 14.4 Å². The van der Waals surface area contributed by atoms with E-state index in [1.807, 2.05) is 24.8 Å². The van der Waals surface area contributed by atoms with Gasteiger partial charge in [0.2, 0.25) is 0 Å². The molecule has 0 saturated carbocycles. The molecule has 4 rings (SSSR count). The Morgan fingerprint density at radius 1 is 0.971 bits per heavy atom. The van der Waals surface area contributed by atoms with Crippen molar-refractivity contribution in [1.29, 1.82) is 0 Å². The van der Waals surface area contributed by atoms with Crippen molar-refractivity contribution in [3.63, 3.8) is 0 Å². The molecular formula is C28H27NO5. The van der Waals surface area contributed by atoms with Crippen molar-refractivity contribution in [1.82, 2.24) is 4.90 Å². The number of aliphatic carboxylic acids is 1. The Balaban J connectivity index is 2.09. The van der Waals surface area contributed by atoms with Gasteiger partial charge in [0.05, 0.1) is 16.9 Å². The third-order valence-electron chi connectivity index (χ3n) is 6.34. The lowest BCUT2D eigenvalue weighted by Crippen LogP contribution is -2.35. The number of fused-ring (bicyclic) bond motifs is 1. The Bertz CT molecular complexity index is 1410. The standard InChI is InChI=1S/C28H27NO5/c1-5-14-29-17(3)23(26(31)19-10-7-6-8-11-19)25(24(18(29)4)28(32)33)21-13-9-12-20-22(30)15-16(2)34-27(20)21/h6-13,15,25H,5,14H2,1-4H3,(H,32,33). The second-order valence-corrected chi connectivity index (χ2v) is 8.53. The predicted molar refractivity (Wildman–Crippen MR) is 131 cm³/mol. The van der Waals surface area contributed by atoms with Gasteiger partial charge in [0.15, 0.2) is 11.2 Å². The highest BCUT2D eigenvalue weighted by molar-refractivity contribution is 6.12. The lowest BCUT2D eigenvalue weighted by atomic mass is 9.76. The normalized spacial score (nSPS) is 16.4. The van der Waals surface area contributed by atoms with E-state index in [-0.39, 0.29) is 16.8 Å². The summed E-state index contributed by atoms with van der Waals surface area (Å²) in [7, 11) is 0. The molecule has 6 nitrogen and oxygen atoms in total. The van der Waals surface area contributed by atoms with Crippen LogP contribution in [0, 0.1) is 6.92 Å². The monoisotopic (exact) mass is 457 g/mol. The molecule has 34 heavy (non-hydrogen) atoms. The summed E-state index contributed by atoms with van der Waals surface area (Å²) in [6.45, 7) is 7.89. The van der Waals surface area contributed by atoms with Gasteiger partial charge in [0, 0.05) is 40.7 Å². The Morgan fingerprint density at radius 3 is 2.29 bits per heavy atom. The molecule has 1 unspecified atom stereocenters. The summed E-state index contributed by atoms with van der Waals surface area (Å²) in [5, 5.41) is 10.7. The summed E-state index contributed by atoms with van der Waals surface area (Å²) in [5.41, 5.74) is 2.82. The van der Waals surface area contributed by atoms with Crippen molar-refractivity contribution in [3.05, 3.63) is 104 Å². The SMILES string of the molecule is CCCN1C(C)=C(C(=O)O)C(c2cccc3c(=O)cc(C)oc23)C(C(=O)c2ccccc2)=C1C. The second kappa shape index (κ2) is 9.14. The van der Waals surface area contributed by atoms with Gasteiger partial charge >= 0.3 is 5.97 Å². The van der Waals surface area contributed by atoms with E-state index in [1.54, 1.807) is 56.3 Å². The van der Waals surface area contributed by atoms with Crippen molar-refractivity contribution in [2.24, 2.45) is 0 Å². The summed E-state index contributed by atoms with van der Waals surface area (Å²) in [6, 6.07) is 15.4. The molecule has 0 spiro atoms. The largest absolute Gasteiger partial charge is 0.478 e. The van der Waals surface area contributed by atoms with E-state index in [0.717, 1.165) is 6.42 Å². The third kappa shape index (κ3) is 3.85. The predicted octanol–water partition coefficient (Wildman–Crippen LogP) is 5.43. The summed E-state index contributed by atoms with van der Waals surface area (Å²) < 4.78 is 5.97. The van der Waals surface area contributed by atoms with Gasteiger partial charge in [-0.25, -0.2) is 4.79 Å². The van der Waals surface area contributed by atoms with Gasteiger partial charge in [-0.3, -0.25) is 9.59 Å². The fraction of sp³-hybridized carbons (Fsp3) is 0.250. The van der Waals surface area contributed by atoms with Crippen molar-refractivity contribution < 1.29 is 19.1 Å². The Kier molecular flexibility index (Phi) is 6.24. The maximum absolute atomic E-state index is 13.9. The minimum absolute atomic E-state index is 0.106. The first-order chi connectivity index (χ1) is 16.3. The summed E-state index contributed by atoms with van der Waals surface area (Å²) in [5.74, 6) is -1.83. The van der Waals surface area contributed by atoms with Crippen LogP contribution in [0.1, 0.15) is 54.8 Å². The molecule has 0 amide bonds. The quantitative estimate of drug-likeness (QED) is 0.497. The zero-order chi connectivity index (χ0) is 24.6. The number of para-hydroxylation sites is 1. The highest BCUT2D eigenvalue weighted by Crippen LogP contribution is 2.45. The number of carboxylic acid groups (broad SMARTS) is 1. The molecule has 1 aliphatic heterocycles. The van der Waals surface area contributed by atoms with Gasteiger partial charge in [0.25, 0.3) is 0 Å². The zero-order valence-corrected chi connectivity index (χ0v) is 19.7. The third-order valence-corrected chi connectivity index (χ3v) is 6.34. The fourth-order valence-corrected chi connectivity index (χ4v) is 4.84. The Labute approximate surface area is 197 Å². The first kappa shape index (κ1) is 23.2. The lowest BCUT2D eigenvalue weighted by Gasteiger charge is -2.38. The van der Waals surface area contributed by atoms with E-state index in [0.29, 0.717) is 51.4 Å². The van der Waals surface area contributed by atoms with Crippen molar-refractivity contribution in [3.8, 4) is 0 Å². The number of carbonyl (C=O) groups is 2. The molecule has 2 aromatic carbocycles. The topological polar surface area (TPSA) is 87.8 Å². The van der Waals surface area contributed by atoms with Crippen LogP contribution in [0.5, 0.6) is 0 Å². The maximum atomic E-state index is 13.9. The molecule has 0 bridgehead atoms. The van der Waals surface area contributed by atoms with Crippen LogP contribution >= 0.6 is 0 Å². The molecule has 0 saturated heterocycles. The number of carbonyl (C=O) groups excluding carboxylic acids is 1. The van der Waals surface area contributed by atoms with Crippen LogP contribution < -0.4 is 5.43 Å². The summed E-state index contributed by atoms with van der Waals surface area (Å²) in [6.07, 6.45) is 0.779. The van der Waals surface area contributed by atoms with Crippen LogP contribution in [0.2, 0.25) is 0 Å². The zero-order valence-electron chi connectivity index (χ0n) is 19.7. The van der Waals surface area contributed by atoms with Crippen molar-refractivity contribution in [2.45, 2.75) is 40.0 Å². The molecule has 3 aromatic rings. The van der Waals surface area contributed by atoms with Crippen LogP contribution in [0.25, 0.3) is 11.0 Å². The van der Waals surface area contributed by atoms with E-state index in [4.69, 9.17) is 4.42 Å². The van der Waals surface area contributed by atoms with E-state index in [9.17, 15) is 19.5 Å². The number of nitrogens with zero attached hydrogens (tertiary/aromatic N) is 1. The molecular weight excluding hydrogens is 430 g/mol. The molecule has 174 valence electrons. The smallest absolute Gasteiger partial charge is 0.334 e. The molecule has 0 radical (unpaired) electrons. The van der Waals surface area contributed by atoms with E-state index < -0.39 is 11.9 Å². The average Bonchev–Trinajstić information content (AvgIpc) is 2.81. The second-order valence-electron chi connectivity index (χ2n) is 8.53. The number of rotatable bonds is 6. The van der Waals surface area contributed by atoms with Crippen molar-refractivity contribution in [2.75, 3.05) is 6.54 Å². The van der Waals surface area contributed by atoms with Gasteiger partial charge in [0.1, 0.15) is 11.3 Å². The molecule has 6 heteroatoms. The first-order valence-electron chi connectivity index (χ1n) is 11.3. The van der Waals surface area contributed by atoms with Gasteiger partial charge in [-0.1, -0.05) is 49.4 Å². The van der Waals surface area contributed by atoms with Gasteiger partial charge in [-0.2, -0.15) is 0 Å². The van der Waals surface area contributed by atoms with Crippen molar-refractivity contribution >= 4 is 22.7 Å². The molecule has 1 aromatic heterocycles. The minimum Gasteiger partial charge on any atom is -0.478 e. The van der Waals surface area contributed by atoms with Crippen LogP contribution in [0.15, 0.2) is 86.3 Å². The Morgan fingerprint density at radius 2 is 1.65 bits per heavy atom. The number of hydrogen-bond donors (Lipinski definition) is 1. The summed E-state index contributed by atoms with van der Waals surface area (Å²) >= 11 is 0. The number of hydrogen-bond acceptors (Lipinski definition) is 5. The van der Waals surface area contributed by atoms with E-state index >= 15 is 0 Å². The highest BCUT2D eigenvalue weighted by Gasteiger charge is 2.40. The number of Topliss-reactive ketones (excluding diaryl/α,β-unsaturated/α-hetero) is 1. The molecule has 0 fully saturated rings. The molecule has 1 aliphatic rings. The molecule has 1 atom stereocenters. The highest BCUT2D eigenvalue weighted by atomic mass is 16.4. The Hall–Kier alpha value is -3.93. The van der Waals surface area contributed by atoms with Crippen LogP contribution in [0.4, 0.5) is 0 Å². The summed E-state index contributed by atoms with van der Waals surface area (Å²) in [4.78, 5) is 41.1. The minimum atomic E-state index is -1.11. The molecule has 1 N–H and O–H groups in total. The number of benzene rings is 2. The van der Waals surface area contributed by atoms with Gasteiger partial charge in [-0.05, 0) is 33.3 Å². The van der Waals surface area contributed by atoms with E-state index in [1.165, 1.54) is 6.07 Å². The lowest BCUT2D eigenvalue weighted by molar-refractivity contribution is -0.133. The molecule has 0 aliphatic carbocycles. The average molecular weight is 458 g/mol.